The van der Waals surface area contributed by atoms with Crippen LogP contribution in [0.3, 0.4) is 0 Å². The van der Waals surface area contributed by atoms with Crippen LogP contribution < -0.4 is 0 Å². The molecule has 1 aromatic rings. The zero-order valence-electron chi connectivity index (χ0n) is 10.1. The second kappa shape index (κ2) is 6.21. The molecule has 0 atom stereocenters. The minimum atomic E-state index is -0.173. The van der Waals surface area contributed by atoms with Gasteiger partial charge in [-0.2, -0.15) is 0 Å². The zero-order chi connectivity index (χ0) is 12.8. The first-order chi connectivity index (χ1) is 8.11. The third-order valence-electron chi connectivity index (χ3n) is 2.39. The molecule has 0 aromatic carbocycles. The Bertz CT molecular complexity index is 464. The van der Waals surface area contributed by atoms with Gasteiger partial charge in [-0.15, -0.1) is 11.3 Å². The lowest BCUT2D eigenvalue weighted by molar-refractivity contribution is -0.111. The molecule has 0 aliphatic carbocycles. The molecule has 0 saturated carbocycles. The lowest BCUT2D eigenvalue weighted by atomic mass is 9.98. The third-order valence-corrected chi connectivity index (χ3v) is 3.32. The molecule has 0 aliphatic heterocycles. The minimum absolute atomic E-state index is 0.173. The maximum atomic E-state index is 12.0. The van der Waals surface area contributed by atoms with Gasteiger partial charge in [-0.25, -0.2) is 0 Å². The predicted molar refractivity (Wildman–Crippen MR) is 73.1 cm³/mol. The largest absolute Gasteiger partial charge is 0.515 e. The van der Waals surface area contributed by atoms with Crippen molar-refractivity contribution in [2.24, 2.45) is 0 Å². The van der Waals surface area contributed by atoms with Gasteiger partial charge >= 0.3 is 0 Å². The third kappa shape index (κ3) is 3.17. The van der Waals surface area contributed by atoms with Crippen LogP contribution in [0, 0.1) is 0 Å². The molecule has 17 heavy (non-hydrogen) atoms. The van der Waals surface area contributed by atoms with Crippen LogP contribution in [0.5, 0.6) is 0 Å². The molecule has 3 heteroatoms. The summed E-state index contributed by atoms with van der Waals surface area (Å²) in [5, 5.41) is 11.1. The Morgan fingerprint density at radius 1 is 1.59 bits per heavy atom. The molecule has 0 spiro atoms. The normalized spacial score (nSPS) is 12.6. The van der Waals surface area contributed by atoms with Gasteiger partial charge in [0, 0.05) is 4.88 Å². The van der Waals surface area contributed by atoms with E-state index in [0.29, 0.717) is 11.1 Å². The van der Waals surface area contributed by atoms with Crippen LogP contribution in [0.15, 0.2) is 47.6 Å². The average Bonchev–Trinajstić information content (AvgIpc) is 2.83. The van der Waals surface area contributed by atoms with E-state index < -0.39 is 0 Å². The molecule has 0 aliphatic rings. The number of allylic oxidation sites excluding steroid dienone is 4. The SMILES string of the molecule is C=C(C(=CO)C(=O)/C(C)=C\CC)c1cccs1. The second-order valence-corrected chi connectivity index (χ2v) is 4.57. The van der Waals surface area contributed by atoms with Gasteiger partial charge in [-0.05, 0) is 35.9 Å². The number of carbonyl (C=O) groups excluding carboxylic acids is 1. The molecule has 0 amide bonds. The van der Waals surface area contributed by atoms with E-state index in [0.717, 1.165) is 17.6 Å². The summed E-state index contributed by atoms with van der Waals surface area (Å²) < 4.78 is 0. The number of hydrogen-bond donors (Lipinski definition) is 1. The summed E-state index contributed by atoms with van der Waals surface area (Å²) in [5.74, 6) is -0.173. The van der Waals surface area contributed by atoms with Gasteiger partial charge in [0.05, 0.1) is 11.8 Å². The molecule has 0 unspecified atom stereocenters. The van der Waals surface area contributed by atoms with Crippen molar-refractivity contribution in [3.63, 3.8) is 0 Å². The quantitative estimate of drug-likeness (QED) is 0.483. The summed E-state index contributed by atoms with van der Waals surface area (Å²) in [6.07, 6.45) is 3.48. The van der Waals surface area contributed by atoms with Crippen LogP contribution in [0.25, 0.3) is 5.57 Å². The fraction of sp³-hybridized carbons (Fsp3) is 0.214. The first-order valence-corrected chi connectivity index (χ1v) is 6.28. The summed E-state index contributed by atoms with van der Waals surface area (Å²) in [6.45, 7) is 7.58. The molecule has 1 aromatic heterocycles. The van der Waals surface area contributed by atoms with E-state index in [1.165, 1.54) is 11.3 Å². The second-order valence-electron chi connectivity index (χ2n) is 3.62. The highest BCUT2D eigenvalue weighted by atomic mass is 32.1. The molecule has 0 bridgehead atoms. The van der Waals surface area contributed by atoms with Gasteiger partial charge in [-0.1, -0.05) is 25.6 Å². The summed E-state index contributed by atoms with van der Waals surface area (Å²) in [4.78, 5) is 12.9. The maximum absolute atomic E-state index is 12.0. The lowest BCUT2D eigenvalue weighted by Crippen LogP contribution is -2.05. The number of carbonyl (C=O) groups is 1. The summed E-state index contributed by atoms with van der Waals surface area (Å²) >= 11 is 1.49. The van der Waals surface area contributed by atoms with Crippen LogP contribution >= 0.6 is 11.3 Å². The molecule has 90 valence electrons. The highest BCUT2D eigenvalue weighted by Crippen LogP contribution is 2.27. The Morgan fingerprint density at radius 3 is 2.76 bits per heavy atom. The van der Waals surface area contributed by atoms with Crippen molar-refractivity contribution >= 4 is 22.7 Å². The van der Waals surface area contributed by atoms with E-state index in [2.05, 4.69) is 6.58 Å². The van der Waals surface area contributed by atoms with Crippen molar-refractivity contribution in [3.8, 4) is 0 Å². The summed E-state index contributed by atoms with van der Waals surface area (Å²) in [6, 6.07) is 3.77. The topological polar surface area (TPSA) is 37.3 Å². The first kappa shape index (κ1) is 13.5. The number of thiophene rings is 1. The Hall–Kier alpha value is -1.61. The molecule has 0 saturated heterocycles. The van der Waals surface area contributed by atoms with Crippen molar-refractivity contribution in [1.82, 2.24) is 0 Å². The molecular weight excluding hydrogens is 232 g/mol. The van der Waals surface area contributed by atoms with Crippen LogP contribution in [0.2, 0.25) is 0 Å². The molecule has 1 N–H and O–H groups in total. The molecule has 1 heterocycles. The van der Waals surface area contributed by atoms with Crippen molar-refractivity contribution in [2.45, 2.75) is 20.3 Å². The van der Waals surface area contributed by atoms with Gasteiger partial charge in [0.2, 0.25) is 0 Å². The molecular formula is C14H16O2S. The number of hydrogen-bond acceptors (Lipinski definition) is 3. The van der Waals surface area contributed by atoms with E-state index in [4.69, 9.17) is 0 Å². The molecule has 2 nitrogen and oxygen atoms in total. The van der Waals surface area contributed by atoms with Gasteiger partial charge < -0.3 is 5.11 Å². The van der Waals surface area contributed by atoms with Crippen LogP contribution in [-0.2, 0) is 4.79 Å². The summed E-state index contributed by atoms with van der Waals surface area (Å²) in [7, 11) is 0. The van der Waals surface area contributed by atoms with Crippen molar-refractivity contribution in [1.29, 1.82) is 0 Å². The highest BCUT2D eigenvalue weighted by Gasteiger charge is 2.16. The number of ketones is 1. The first-order valence-electron chi connectivity index (χ1n) is 5.40. The van der Waals surface area contributed by atoms with Crippen LogP contribution in [-0.4, -0.2) is 10.9 Å². The van der Waals surface area contributed by atoms with Crippen molar-refractivity contribution in [3.05, 3.63) is 52.5 Å². The molecule has 0 fully saturated rings. The number of aliphatic hydroxyl groups is 1. The van der Waals surface area contributed by atoms with E-state index in [1.54, 1.807) is 6.92 Å². The molecule has 0 radical (unpaired) electrons. The Balaban J connectivity index is 2.98. The monoisotopic (exact) mass is 248 g/mol. The van der Waals surface area contributed by atoms with E-state index >= 15 is 0 Å². The van der Waals surface area contributed by atoms with Crippen molar-refractivity contribution in [2.75, 3.05) is 0 Å². The fourth-order valence-electron chi connectivity index (χ4n) is 1.47. The van der Waals surface area contributed by atoms with E-state index in [1.807, 2.05) is 30.5 Å². The van der Waals surface area contributed by atoms with Crippen molar-refractivity contribution < 1.29 is 9.90 Å². The Morgan fingerprint density at radius 2 is 2.29 bits per heavy atom. The van der Waals surface area contributed by atoms with Crippen LogP contribution in [0.1, 0.15) is 25.1 Å². The van der Waals surface area contributed by atoms with Gasteiger partial charge in [-0.3, -0.25) is 4.79 Å². The average molecular weight is 248 g/mol. The van der Waals surface area contributed by atoms with E-state index in [-0.39, 0.29) is 11.4 Å². The Labute approximate surface area is 106 Å². The molecule has 1 rings (SSSR count). The number of Topliss-reactive ketones (excluding diaryl/α,β-unsaturated/α-hetero) is 1. The smallest absolute Gasteiger partial charge is 0.192 e. The van der Waals surface area contributed by atoms with Gasteiger partial charge in [0.25, 0.3) is 0 Å². The summed E-state index contributed by atoms with van der Waals surface area (Å²) in [5.41, 5.74) is 1.46. The Kier molecular flexibility index (Phi) is 4.91. The standard InChI is InChI=1S/C14H16O2S/c1-4-6-10(2)14(16)12(9-15)11(3)13-7-5-8-17-13/h5-9,15H,3-4H2,1-2H3/b10-6-,12-9?. The van der Waals surface area contributed by atoms with E-state index in [9.17, 15) is 9.90 Å². The maximum Gasteiger partial charge on any atom is 0.192 e. The number of rotatable bonds is 5. The number of aliphatic hydroxyl groups excluding tert-OH is 1. The van der Waals surface area contributed by atoms with Gasteiger partial charge in [0.15, 0.2) is 5.78 Å². The lowest BCUT2D eigenvalue weighted by Gasteiger charge is -2.07. The van der Waals surface area contributed by atoms with Crippen LogP contribution in [0.4, 0.5) is 0 Å². The predicted octanol–water partition coefficient (Wildman–Crippen LogP) is 4.13. The van der Waals surface area contributed by atoms with Gasteiger partial charge in [0.1, 0.15) is 0 Å². The fourth-order valence-corrected chi connectivity index (χ4v) is 2.18. The minimum Gasteiger partial charge on any atom is -0.515 e. The zero-order valence-corrected chi connectivity index (χ0v) is 10.9. The highest BCUT2D eigenvalue weighted by molar-refractivity contribution is 7.11.